The van der Waals surface area contributed by atoms with E-state index in [1.807, 2.05) is 6.92 Å². The zero-order valence-electron chi connectivity index (χ0n) is 18.2. The van der Waals surface area contributed by atoms with Crippen LogP contribution in [0.4, 0.5) is 0 Å². The van der Waals surface area contributed by atoms with Crippen LogP contribution in [-0.4, -0.2) is 56.6 Å². The number of aliphatic carboxylic acids is 1. The van der Waals surface area contributed by atoms with Gasteiger partial charge in [0, 0.05) is 19.4 Å². The van der Waals surface area contributed by atoms with Crippen LogP contribution in [0.5, 0.6) is 0 Å². The summed E-state index contributed by atoms with van der Waals surface area (Å²) >= 11 is 0. The fraction of sp³-hybridized carbons (Fsp3) is 0.696. The van der Waals surface area contributed by atoms with E-state index in [0.717, 1.165) is 30.6 Å². The van der Waals surface area contributed by atoms with Gasteiger partial charge < -0.3 is 20.2 Å². The van der Waals surface area contributed by atoms with E-state index in [1.165, 1.54) is 7.05 Å². The van der Waals surface area contributed by atoms with Gasteiger partial charge >= 0.3 is 5.97 Å². The highest BCUT2D eigenvalue weighted by Crippen LogP contribution is 2.46. The molecule has 1 saturated heterocycles. The second-order valence-corrected chi connectivity index (χ2v) is 9.53. The third kappa shape index (κ3) is 3.57. The second-order valence-electron chi connectivity index (χ2n) is 9.53. The number of hydrogen-bond donors (Lipinski definition) is 3. The SMILES string of the molecule is CC(C)[C@@](O)(C[C@H]1C(=O)/C(=C(\O)[C@@H]2[C@H]3CCCC[C@@H]3C=C[C@@H]2C)C(=O)N1C)C(=O)O. The number of amides is 1. The van der Waals surface area contributed by atoms with Crippen LogP contribution in [0.25, 0.3) is 0 Å². The predicted molar refractivity (Wildman–Crippen MR) is 111 cm³/mol. The molecule has 3 N–H and O–H groups in total. The lowest BCUT2D eigenvalue weighted by atomic mass is 9.64. The van der Waals surface area contributed by atoms with Crippen LogP contribution in [0.1, 0.15) is 52.9 Å². The molecule has 6 atom stereocenters. The Kier molecular flexibility index (Phi) is 6.14. The van der Waals surface area contributed by atoms with Crippen LogP contribution in [0.3, 0.4) is 0 Å². The summed E-state index contributed by atoms with van der Waals surface area (Å²) in [6.45, 7) is 5.10. The number of Topliss-reactive ketones (excluding diaryl/α,β-unsaturated/α-hetero) is 1. The standard InChI is InChI=1S/C23H33NO6/c1-12(2)23(30,22(28)29)11-16-19(25)18(21(27)24(16)4)20(26)17-13(3)9-10-14-7-5-6-8-15(14)17/h9-10,12-17,26,30H,5-8,11H2,1-4H3,(H,28,29)/b20-18+/t13-,14+,15-,16-,17-,23-/m0/s1. The molecule has 30 heavy (non-hydrogen) atoms. The molecule has 1 saturated carbocycles. The molecule has 0 aromatic heterocycles. The molecule has 2 fully saturated rings. The van der Waals surface area contributed by atoms with Gasteiger partial charge in [0.25, 0.3) is 5.91 Å². The van der Waals surface area contributed by atoms with Gasteiger partial charge in [-0.15, -0.1) is 0 Å². The van der Waals surface area contributed by atoms with E-state index in [4.69, 9.17) is 0 Å². The number of carbonyl (C=O) groups excluding carboxylic acids is 2. The highest BCUT2D eigenvalue weighted by Gasteiger charge is 2.52. The Labute approximate surface area is 177 Å². The van der Waals surface area contributed by atoms with Gasteiger partial charge in [0.2, 0.25) is 0 Å². The molecule has 1 aliphatic heterocycles. The number of carboxylic acids is 1. The number of hydrogen-bond acceptors (Lipinski definition) is 5. The number of aliphatic hydroxyl groups is 2. The zero-order chi connectivity index (χ0) is 22.4. The molecule has 1 amide bonds. The van der Waals surface area contributed by atoms with Gasteiger partial charge in [-0.2, -0.15) is 0 Å². The minimum absolute atomic E-state index is 0.00609. The molecule has 0 radical (unpaired) electrons. The maximum atomic E-state index is 13.2. The van der Waals surface area contributed by atoms with Crippen molar-refractivity contribution in [3.05, 3.63) is 23.5 Å². The number of carboxylic acid groups (broad SMARTS) is 1. The van der Waals surface area contributed by atoms with Gasteiger partial charge in [0.15, 0.2) is 11.4 Å². The van der Waals surface area contributed by atoms with E-state index in [-0.39, 0.29) is 29.1 Å². The molecule has 1 heterocycles. The zero-order valence-corrected chi connectivity index (χ0v) is 18.2. The highest BCUT2D eigenvalue weighted by molar-refractivity contribution is 6.26. The molecular formula is C23H33NO6. The molecule has 7 heteroatoms. The summed E-state index contributed by atoms with van der Waals surface area (Å²) in [7, 11) is 1.42. The van der Waals surface area contributed by atoms with Gasteiger partial charge in [-0.3, -0.25) is 9.59 Å². The smallest absolute Gasteiger partial charge is 0.336 e. The summed E-state index contributed by atoms with van der Waals surface area (Å²) in [5, 5.41) is 31.3. The summed E-state index contributed by atoms with van der Waals surface area (Å²) in [6.07, 6.45) is 8.02. The van der Waals surface area contributed by atoms with Crippen LogP contribution < -0.4 is 0 Å². The minimum atomic E-state index is -2.14. The molecule has 0 aromatic rings. The van der Waals surface area contributed by atoms with Gasteiger partial charge in [-0.1, -0.05) is 45.8 Å². The quantitative estimate of drug-likeness (QED) is 0.273. The monoisotopic (exact) mass is 419 g/mol. The Morgan fingerprint density at radius 1 is 1.20 bits per heavy atom. The first-order valence-corrected chi connectivity index (χ1v) is 10.9. The number of carbonyl (C=O) groups is 3. The average molecular weight is 420 g/mol. The van der Waals surface area contributed by atoms with Crippen LogP contribution in [-0.2, 0) is 14.4 Å². The first-order valence-electron chi connectivity index (χ1n) is 10.9. The van der Waals surface area contributed by atoms with Crippen molar-refractivity contribution in [2.45, 2.75) is 64.5 Å². The molecule has 3 aliphatic rings. The van der Waals surface area contributed by atoms with Gasteiger partial charge in [0.1, 0.15) is 11.3 Å². The summed E-state index contributed by atoms with van der Waals surface area (Å²) < 4.78 is 0. The van der Waals surface area contributed by atoms with Gasteiger partial charge in [0.05, 0.1) is 6.04 Å². The van der Waals surface area contributed by atoms with Crippen molar-refractivity contribution in [3.8, 4) is 0 Å². The van der Waals surface area contributed by atoms with Gasteiger partial charge in [-0.25, -0.2) is 4.79 Å². The lowest BCUT2D eigenvalue weighted by Gasteiger charge is -2.41. The Morgan fingerprint density at radius 3 is 2.43 bits per heavy atom. The van der Waals surface area contributed by atoms with E-state index >= 15 is 0 Å². The highest BCUT2D eigenvalue weighted by atomic mass is 16.4. The maximum Gasteiger partial charge on any atom is 0.336 e. The fourth-order valence-corrected chi connectivity index (χ4v) is 5.42. The number of likely N-dealkylation sites (tertiary alicyclic amines) is 1. The summed E-state index contributed by atoms with van der Waals surface area (Å²) in [6, 6.07) is -1.12. The molecule has 0 unspecified atom stereocenters. The third-order valence-electron chi connectivity index (χ3n) is 7.52. The van der Waals surface area contributed by atoms with E-state index in [9.17, 15) is 29.7 Å². The molecule has 0 aromatic carbocycles. The van der Waals surface area contributed by atoms with Crippen molar-refractivity contribution in [2.75, 3.05) is 7.05 Å². The topological polar surface area (TPSA) is 115 Å². The van der Waals surface area contributed by atoms with Crippen molar-refractivity contribution in [2.24, 2.45) is 29.6 Å². The van der Waals surface area contributed by atoms with Crippen molar-refractivity contribution in [1.82, 2.24) is 4.90 Å². The van der Waals surface area contributed by atoms with Crippen molar-refractivity contribution < 1.29 is 29.7 Å². The van der Waals surface area contributed by atoms with Crippen molar-refractivity contribution >= 4 is 17.7 Å². The maximum absolute atomic E-state index is 13.2. The number of fused-ring (bicyclic) bond motifs is 1. The normalized spacial score (nSPS) is 35.4. The van der Waals surface area contributed by atoms with E-state index in [2.05, 4.69) is 12.2 Å². The average Bonchev–Trinajstić information content (AvgIpc) is 2.90. The number of rotatable bonds is 5. The number of allylic oxidation sites excluding steroid dienone is 3. The fourth-order valence-electron chi connectivity index (χ4n) is 5.42. The molecule has 166 valence electrons. The number of likely N-dealkylation sites (N-methyl/N-ethyl adjacent to an activating group) is 1. The molecular weight excluding hydrogens is 386 g/mol. The molecule has 0 spiro atoms. The Bertz CT molecular complexity index is 800. The van der Waals surface area contributed by atoms with Crippen LogP contribution in [0, 0.1) is 29.6 Å². The van der Waals surface area contributed by atoms with Crippen molar-refractivity contribution in [1.29, 1.82) is 0 Å². The van der Waals surface area contributed by atoms with Crippen molar-refractivity contribution in [3.63, 3.8) is 0 Å². The van der Waals surface area contributed by atoms with Crippen LogP contribution in [0.15, 0.2) is 23.5 Å². The van der Waals surface area contributed by atoms with E-state index in [1.54, 1.807) is 13.8 Å². The van der Waals surface area contributed by atoms with E-state index < -0.39 is 41.6 Å². The Balaban J connectivity index is 1.97. The predicted octanol–water partition coefficient (Wildman–Crippen LogP) is 2.70. The first-order chi connectivity index (χ1) is 14.0. The molecule has 3 rings (SSSR count). The number of aliphatic hydroxyl groups excluding tert-OH is 1. The minimum Gasteiger partial charge on any atom is -0.511 e. The van der Waals surface area contributed by atoms with Crippen LogP contribution in [0.2, 0.25) is 0 Å². The summed E-state index contributed by atoms with van der Waals surface area (Å²) in [5.41, 5.74) is -2.38. The number of ketones is 1. The van der Waals surface area contributed by atoms with E-state index in [0.29, 0.717) is 5.92 Å². The largest absolute Gasteiger partial charge is 0.511 e. The van der Waals surface area contributed by atoms with Gasteiger partial charge in [-0.05, 0) is 36.5 Å². The molecule has 0 bridgehead atoms. The second kappa shape index (κ2) is 8.17. The summed E-state index contributed by atoms with van der Waals surface area (Å²) in [5.74, 6) is -3.25. The van der Waals surface area contributed by atoms with Crippen LogP contribution >= 0.6 is 0 Å². The summed E-state index contributed by atoms with van der Waals surface area (Å²) in [4.78, 5) is 39.0. The lowest BCUT2D eigenvalue weighted by Crippen LogP contribution is -2.49. The Morgan fingerprint density at radius 2 is 1.83 bits per heavy atom. The Hall–Kier alpha value is -2.15. The molecule has 2 aliphatic carbocycles. The first kappa shape index (κ1) is 22.5. The molecule has 7 nitrogen and oxygen atoms in total. The third-order valence-corrected chi connectivity index (χ3v) is 7.52. The lowest BCUT2D eigenvalue weighted by molar-refractivity contribution is -0.166. The number of nitrogens with zero attached hydrogens (tertiary/aromatic N) is 1.